The van der Waals surface area contributed by atoms with Gasteiger partial charge >= 0.3 is 0 Å². The molecule has 4 aromatic rings. The number of nitrogen functional groups attached to an aromatic ring is 1. The number of ether oxygens (including phenoxy) is 2. The third-order valence-electron chi connectivity index (χ3n) is 5.01. The average molecular weight is 453 g/mol. The lowest BCUT2D eigenvalue weighted by Gasteiger charge is -2.12. The van der Waals surface area contributed by atoms with Crippen molar-refractivity contribution in [3.63, 3.8) is 0 Å². The van der Waals surface area contributed by atoms with Gasteiger partial charge in [0.05, 0.1) is 18.5 Å². The molecule has 0 spiro atoms. The summed E-state index contributed by atoms with van der Waals surface area (Å²) in [7, 11) is 1.55. The molecule has 0 aromatic heterocycles. The second kappa shape index (κ2) is 10.2. The number of methoxy groups -OCH3 is 1. The van der Waals surface area contributed by atoms with Crippen molar-refractivity contribution >= 4 is 28.9 Å². The van der Waals surface area contributed by atoms with E-state index in [9.17, 15) is 9.59 Å². The molecular weight excluding hydrogens is 430 g/mol. The van der Waals surface area contributed by atoms with Gasteiger partial charge in [0.15, 0.2) is 0 Å². The predicted octanol–water partition coefficient (Wildman–Crippen LogP) is 5.57. The molecule has 0 unspecified atom stereocenters. The third kappa shape index (κ3) is 5.52. The zero-order valence-electron chi connectivity index (χ0n) is 18.4. The summed E-state index contributed by atoms with van der Waals surface area (Å²) in [6, 6.07) is 27.9. The Balaban J connectivity index is 1.42. The van der Waals surface area contributed by atoms with Gasteiger partial charge in [-0.15, -0.1) is 0 Å². The quantitative estimate of drug-likeness (QED) is 0.317. The fraction of sp³-hybridized carbons (Fsp3) is 0.0370. The predicted molar refractivity (Wildman–Crippen MR) is 133 cm³/mol. The Labute approximate surface area is 197 Å². The van der Waals surface area contributed by atoms with Crippen LogP contribution in [0.4, 0.5) is 17.1 Å². The smallest absolute Gasteiger partial charge is 0.255 e. The molecule has 0 aliphatic rings. The maximum atomic E-state index is 12.8. The summed E-state index contributed by atoms with van der Waals surface area (Å²) in [6.07, 6.45) is 0. The van der Waals surface area contributed by atoms with Crippen LogP contribution in [-0.2, 0) is 0 Å². The van der Waals surface area contributed by atoms with Crippen LogP contribution in [0.2, 0.25) is 0 Å². The molecule has 0 heterocycles. The van der Waals surface area contributed by atoms with Crippen LogP contribution in [0, 0.1) is 0 Å². The number of rotatable bonds is 7. The van der Waals surface area contributed by atoms with E-state index in [1.807, 2.05) is 30.3 Å². The second-order valence-electron chi connectivity index (χ2n) is 7.38. The highest BCUT2D eigenvalue weighted by Crippen LogP contribution is 2.25. The van der Waals surface area contributed by atoms with Gasteiger partial charge in [0.1, 0.15) is 17.2 Å². The number of nitrogens with one attached hydrogen (secondary N) is 2. The number of anilines is 3. The number of hydrogen-bond donors (Lipinski definition) is 3. The van der Waals surface area contributed by atoms with Gasteiger partial charge in [0.2, 0.25) is 0 Å². The van der Waals surface area contributed by atoms with Crippen LogP contribution in [0.3, 0.4) is 0 Å². The SMILES string of the molecule is COc1ccc(C(=O)Nc2cc(C(=O)Nc3ccc(Oc4ccccc4)cc3)ccc2N)cc1. The Kier molecular flexibility index (Phi) is 6.74. The van der Waals surface area contributed by atoms with Crippen molar-refractivity contribution < 1.29 is 19.1 Å². The molecule has 4 aromatic carbocycles. The van der Waals surface area contributed by atoms with Crippen molar-refractivity contribution in [1.29, 1.82) is 0 Å². The molecule has 4 N–H and O–H groups in total. The van der Waals surface area contributed by atoms with E-state index >= 15 is 0 Å². The molecule has 0 saturated carbocycles. The topological polar surface area (TPSA) is 103 Å². The lowest BCUT2D eigenvalue weighted by atomic mass is 10.1. The normalized spacial score (nSPS) is 10.3. The van der Waals surface area contributed by atoms with E-state index < -0.39 is 0 Å². The molecule has 0 bridgehead atoms. The van der Waals surface area contributed by atoms with Gasteiger partial charge in [-0.2, -0.15) is 0 Å². The van der Waals surface area contributed by atoms with Gasteiger partial charge in [0.25, 0.3) is 11.8 Å². The lowest BCUT2D eigenvalue weighted by Crippen LogP contribution is -2.16. The number of para-hydroxylation sites is 1. The maximum Gasteiger partial charge on any atom is 0.255 e. The van der Waals surface area contributed by atoms with E-state index in [0.29, 0.717) is 39.7 Å². The highest BCUT2D eigenvalue weighted by atomic mass is 16.5. The van der Waals surface area contributed by atoms with E-state index in [2.05, 4.69) is 10.6 Å². The van der Waals surface area contributed by atoms with Gasteiger partial charge in [-0.05, 0) is 78.9 Å². The standard InChI is InChI=1S/C27H23N3O4/c1-33-21-12-7-18(8-13-21)26(31)30-25-17-19(9-16-24(25)28)27(32)29-20-10-14-23(15-11-20)34-22-5-3-2-4-6-22/h2-17H,28H2,1H3,(H,29,32)(H,30,31). The van der Waals surface area contributed by atoms with Crippen LogP contribution in [-0.4, -0.2) is 18.9 Å². The van der Waals surface area contributed by atoms with E-state index in [1.165, 1.54) is 0 Å². The number of carbonyl (C=O) groups excluding carboxylic acids is 2. The molecule has 0 atom stereocenters. The third-order valence-corrected chi connectivity index (χ3v) is 5.01. The van der Waals surface area contributed by atoms with Crippen molar-refractivity contribution in [2.24, 2.45) is 0 Å². The molecule has 2 amide bonds. The first-order chi connectivity index (χ1) is 16.5. The van der Waals surface area contributed by atoms with Crippen molar-refractivity contribution in [3.8, 4) is 17.2 Å². The van der Waals surface area contributed by atoms with Gasteiger partial charge in [0, 0.05) is 16.8 Å². The van der Waals surface area contributed by atoms with Crippen LogP contribution in [0.15, 0.2) is 97.1 Å². The van der Waals surface area contributed by atoms with E-state index in [0.717, 1.165) is 5.75 Å². The van der Waals surface area contributed by atoms with Crippen LogP contribution >= 0.6 is 0 Å². The van der Waals surface area contributed by atoms with Gasteiger partial charge < -0.3 is 25.8 Å². The van der Waals surface area contributed by atoms with Crippen LogP contribution in [0.25, 0.3) is 0 Å². The minimum absolute atomic E-state index is 0.336. The molecule has 7 nitrogen and oxygen atoms in total. The Morgan fingerprint density at radius 3 is 1.94 bits per heavy atom. The maximum absolute atomic E-state index is 12.8. The van der Waals surface area contributed by atoms with Crippen molar-refractivity contribution in [3.05, 3.63) is 108 Å². The Morgan fingerprint density at radius 2 is 1.26 bits per heavy atom. The van der Waals surface area contributed by atoms with Gasteiger partial charge in [-0.3, -0.25) is 9.59 Å². The summed E-state index contributed by atoms with van der Waals surface area (Å²) >= 11 is 0. The Hall–Kier alpha value is -4.78. The average Bonchev–Trinajstić information content (AvgIpc) is 2.87. The molecular formula is C27H23N3O4. The first-order valence-corrected chi connectivity index (χ1v) is 10.5. The van der Waals surface area contributed by atoms with Gasteiger partial charge in [-0.1, -0.05) is 18.2 Å². The molecule has 34 heavy (non-hydrogen) atoms. The first kappa shape index (κ1) is 22.4. The summed E-state index contributed by atoms with van der Waals surface area (Å²) in [5, 5.41) is 5.58. The molecule has 0 aliphatic heterocycles. The Bertz CT molecular complexity index is 1290. The number of amides is 2. The number of carbonyl (C=O) groups is 2. The molecule has 0 saturated heterocycles. The van der Waals surface area contributed by atoms with Crippen molar-refractivity contribution in [2.45, 2.75) is 0 Å². The van der Waals surface area contributed by atoms with Crippen LogP contribution in [0.1, 0.15) is 20.7 Å². The van der Waals surface area contributed by atoms with Crippen molar-refractivity contribution in [1.82, 2.24) is 0 Å². The van der Waals surface area contributed by atoms with Crippen LogP contribution in [0.5, 0.6) is 17.2 Å². The highest BCUT2D eigenvalue weighted by molar-refractivity contribution is 6.09. The lowest BCUT2D eigenvalue weighted by molar-refractivity contribution is 0.101. The monoisotopic (exact) mass is 453 g/mol. The second-order valence-corrected chi connectivity index (χ2v) is 7.38. The fourth-order valence-corrected chi connectivity index (χ4v) is 3.18. The zero-order valence-corrected chi connectivity index (χ0v) is 18.4. The molecule has 0 radical (unpaired) electrons. The summed E-state index contributed by atoms with van der Waals surface area (Å²) in [5.74, 6) is 1.34. The largest absolute Gasteiger partial charge is 0.497 e. The molecule has 0 fully saturated rings. The van der Waals surface area contributed by atoms with E-state index in [1.54, 1.807) is 73.8 Å². The first-order valence-electron chi connectivity index (χ1n) is 10.5. The van der Waals surface area contributed by atoms with Crippen molar-refractivity contribution in [2.75, 3.05) is 23.5 Å². The number of benzene rings is 4. The summed E-state index contributed by atoms with van der Waals surface area (Å²) < 4.78 is 10.9. The minimum atomic E-state index is -0.346. The molecule has 170 valence electrons. The number of nitrogens with two attached hydrogens (primary N) is 1. The fourth-order valence-electron chi connectivity index (χ4n) is 3.18. The molecule has 7 heteroatoms. The highest BCUT2D eigenvalue weighted by Gasteiger charge is 2.13. The van der Waals surface area contributed by atoms with E-state index in [-0.39, 0.29) is 11.8 Å². The van der Waals surface area contributed by atoms with Crippen LogP contribution < -0.4 is 25.8 Å². The zero-order chi connectivity index (χ0) is 23.9. The van der Waals surface area contributed by atoms with E-state index in [4.69, 9.17) is 15.2 Å². The summed E-state index contributed by atoms with van der Waals surface area (Å²) in [4.78, 5) is 25.4. The molecule has 0 aliphatic carbocycles. The summed E-state index contributed by atoms with van der Waals surface area (Å²) in [5.41, 5.74) is 8.10. The molecule has 4 rings (SSSR count). The minimum Gasteiger partial charge on any atom is -0.497 e. The summed E-state index contributed by atoms with van der Waals surface area (Å²) in [6.45, 7) is 0. The number of hydrogen-bond acceptors (Lipinski definition) is 5. The Morgan fingerprint density at radius 1 is 0.676 bits per heavy atom. The van der Waals surface area contributed by atoms with Gasteiger partial charge in [-0.25, -0.2) is 0 Å².